The van der Waals surface area contributed by atoms with Crippen molar-refractivity contribution in [2.75, 3.05) is 36.2 Å². The van der Waals surface area contributed by atoms with Gasteiger partial charge in [-0.15, -0.1) is 0 Å². The van der Waals surface area contributed by atoms with Gasteiger partial charge in [-0.1, -0.05) is 195 Å². The summed E-state index contributed by atoms with van der Waals surface area (Å²) in [5.74, 6) is 1.57. The van der Waals surface area contributed by atoms with E-state index in [9.17, 15) is 0 Å². The van der Waals surface area contributed by atoms with E-state index in [4.69, 9.17) is 37.9 Å². The van der Waals surface area contributed by atoms with E-state index >= 15 is 19.2 Å². The highest BCUT2D eigenvalue weighted by Gasteiger charge is 2.45. The maximum absolute atomic E-state index is 16.6. The van der Waals surface area contributed by atoms with Crippen LogP contribution in [-0.2, 0) is 0 Å². The molecule has 0 N–H and O–H groups in total. The summed E-state index contributed by atoms with van der Waals surface area (Å²) >= 11 is 3.69. The zero-order valence-electron chi connectivity index (χ0n) is 57.2. The number of rotatable bonds is 30. The smallest absolute Gasteiger partial charge is 0.266 e. The van der Waals surface area contributed by atoms with Gasteiger partial charge in [0.2, 0.25) is 0 Å². The van der Waals surface area contributed by atoms with E-state index in [-0.39, 0.29) is 91.1 Å². The standard InChI is InChI=1S/C84H81BrN2O12/c1-9-50(10-2)46-92-63-37-27-38-64(93-47-51(11-3)12-4)79(63)86-81(88)59-42-67(96-55-30-20-17-21-31-55)73-74-68(97-56-32-22-18-23-33-56)43-61-72-62(84(91)87(83(61)90)80-65(94-48-52(13-5)14-6)39-28-40-66(80)95-49-53(15-7)16-8)45-70(99-58-36-26-29-54(85)41-58)76(78(72)74)75-69(98-57-34-24-19-25-35-57)44-60(82(86)89)71(59)77(73)75/h17-45,50-53H,9-16,46-49H2,1-8H3. The lowest BCUT2D eigenvalue weighted by Gasteiger charge is -2.34. The first kappa shape index (κ1) is 67.4. The van der Waals surface area contributed by atoms with Gasteiger partial charge < -0.3 is 37.9 Å². The Hall–Kier alpha value is -10.1. The number of nitrogens with zero attached hydrogens (tertiary/aromatic N) is 2. The van der Waals surface area contributed by atoms with Crippen LogP contribution in [0.25, 0.3) is 43.1 Å². The van der Waals surface area contributed by atoms with Gasteiger partial charge >= 0.3 is 0 Å². The summed E-state index contributed by atoms with van der Waals surface area (Å²) in [6.07, 6.45) is 6.79. The average Bonchev–Trinajstić information content (AvgIpc) is 0.671. The summed E-state index contributed by atoms with van der Waals surface area (Å²) in [5.41, 5.74) is 0.790. The van der Waals surface area contributed by atoms with E-state index in [2.05, 4.69) is 71.3 Å². The van der Waals surface area contributed by atoms with Gasteiger partial charge in [-0.3, -0.25) is 19.2 Å². The van der Waals surface area contributed by atoms with Crippen LogP contribution in [0.2, 0.25) is 0 Å². The maximum Gasteiger partial charge on any atom is 0.266 e. The molecule has 0 unspecified atom stereocenters. The topological polar surface area (TPSA) is 149 Å². The van der Waals surface area contributed by atoms with Crippen LogP contribution >= 0.6 is 15.9 Å². The Kier molecular flexibility index (Phi) is 20.1. The molecule has 2 heterocycles. The number of hydrogen-bond acceptors (Lipinski definition) is 12. The molecule has 4 amide bonds. The molecule has 0 saturated heterocycles. The number of amides is 4. The first-order chi connectivity index (χ1) is 48.3. The van der Waals surface area contributed by atoms with Crippen LogP contribution in [-0.4, -0.2) is 50.1 Å². The molecule has 0 saturated carbocycles. The van der Waals surface area contributed by atoms with Gasteiger partial charge in [0.05, 0.1) is 48.7 Å². The number of halogens is 1. The molecule has 14 nitrogen and oxygen atoms in total. The molecule has 13 rings (SSSR count). The van der Waals surface area contributed by atoms with E-state index in [1.54, 1.807) is 48.5 Å². The zero-order chi connectivity index (χ0) is 69.0. The van der Waals surface area contributed by atoms with Crippen LogP contribution in [0.4, 0.5) is 11.4 Å². The summed E-state index contributed by atoms with van der Waals surface area (Å²) in [5, 5.41) is 2.79. The third-order valence-corrected chi connectivity index (χ3v) is 20.2. The van der Waals surface area contributed by atoms with Gasteiger partial charge in [-0.25, -0.2) is 9.80 Å². The van der Waals surface area contributed by atoms with E-state index in [1.807, 2.05) is 127 Å². The number of imide groups is 2. The minimum Gasteiger partial charge on any atom is -0.491 e. The van der Waals surface area contributed by atoms with Crippen molar-refractivity contribution < 1.29 is 57.1 Å². The lowest BCUT2D eigenvalue weighted by molar-refractivity contribution is 0.0874. The van der Waals surface area contributed by atoms with E-state index in [0.29, 0.717) is 109 Å². The normalized spacial score (nSPS) is 13.0. The lowest BCUT2D eigenvalue weighted by atomic mass is 9.80. The molecule has 0 aliphatic carbocycles. The van der Waals surface area contributed by atoms with Crippen LogP contribution in [0.3, 0.4) is 0 Å². The Balaban J connectivity index is 1.18. The molecular formula is C84H81BrN2O12. The van der Waals surface area contributed by atoms with Crippen molar-refractivity contribution in [3.63, 3.8) is 0 Å². The van der Waals surface area contributed by atoms with Gasteiger partial charge in [-0.05, 0) is 127 Å². The molecule has 0 aromatic heterocycles. The fourth-order valence-electron chi connectivity index (χ4n) is 13.6. The van der Waals surface area contributed by atoms with Crippen LogP contribution in [0.1, 0.15) is 148 Å². The number of para-hydroxylation sites is 5. The van der Waals surface area contributed by atoms with E-state index < -0.39 is 23.6 Å². The van der Waals surface area contributed by atoms with Crippen molar-refractivity contribution in [1.82, 2.24) is 0 Å². The van der Waals surface area contributed by atoms with Crippen LogP contribution in [0, 0.1) is 23.7 Å². The molecule has 2 aliphatic rings. The molecule has 11 aromatic carbocycles. The first-order valence-corrected chi connectivity index (χ1v) is 35.7. The molecule has 99 heavy (non-hydrogen) atoms. The van der Waals surface area contributed by atoms with Crippen molar-refractivity contribution in [3.8, 4) is 69.0 Å². The van der Waals surface area contributed by atoms with Crippen molar-refractivity contribution >= 4 is 94.0 Å². The highest BCUT2D eigenvalue weighted by Crippen LogP contribution is 2.59. The summed E-state index contributed by atoms with van der Waals surface area (Å²) in [6, 6.07) is 52.5. The molecule has 0 bridgehead atoms. The number of hydrogen-bond donors (Lipinski definition) is 0. The quantitative estimate of drug-likeness (QED) is 0.0240. The lowest BCUT2D eigenvalue weighted by Crippen LogP contribution is -2.41. The van der Waals surface area contributed by atoms with Gasteiger partial charge in [0, 0.05) is 47.6 Å². The molecular weight excluding hydrogens is 1310 g/mol. The molecule has 2 aliphatic heterocycles. The maximum atomic E-state index is 16.6. The highest BCUT2D eigenvalue weighted by molar-refractivity contribution is 9.10. The molecule has 0 radical (unpaired) electrons. The van der Waals surface area contributed by atoms with Crippen LogP contribution in [0.15, 0.2) is 180 Å². The third-order valence-electron chi connectivity index (χ3n) is 19.7. The van der Waals surface area contributed by atoms with Gasteiger partial charge in [0.1, 0.15) is 80.4 Å². The van der Waals surface area contributed by atoms with Crippen molar-refractivity contribution in [2.24, 2.45) is 23.7 Å². The second kappa shape index (κ2) is 29.5. The highest BCUT2D eigenvalue weighted by atomic mass is 79.9. The van der Waals surface area contributed by atoms with Crippen molar-refractivity contribution in [3.05, 3.63) is 203 Å². The molecule has 0 spiro atoms. The minimum absolute atomic E-state index is 0.111. The van der Waals surface area contributed by atoms with Crippen molar-refractivity contribution in [2.45, 2.75) is 107 Å². The van der Waals surface area contributed by atoms with E-state index in [1.165, 1.54) is 9.80 Å². The van der Waals surface area contributed by atoms with Crippen molar-refractivity contribution in [1.29, 1.82) is 0 Å². The average molecular weight is 1390 g/mol. The first-order valence-electron chi connectivity index (χ1n) is 34.9. The Morgan fingerprint density at radius 3 is 0.798 bits per heavy atom. The second-order valence-corrected chi connectivity index (χ2v) is 26.5. The number of ether oxygens (including phenoxy) is 8. The SMILES string of the molecule is CCC(CC)COc1cccc(OCC(CC)CC)c1N1C(=O)c2cc(Oc3ccccc3)c3c4c(Oc5ccccc5)cc5c6c(cc(Oc7cccc(Br)c7)c(c7c(Oc8ccccc8)cc(c2c37)C1=O)c64)C(=O)N(c1c(OCC(CC)CC)cccc1OCC(CC)CC)C5=O. The fraction of sp³-hybridized carbons (Fsp3) is 0.286. The summed E-state index contributed by atoms with van der Waals surface area (Å²) < 4.78 is 56.7. The van der Waals surface area contributed by atoms with Crippen LogP contribution < -0.4 is 47.7 Å². The molecule has 15 heteroatoms. The largest absolute Gasteiger partial charge is 0.491 e. The summed E-state index contributed by atoms with van der Waals surface area (Å²) in [7, 11) is 0. The number of benzene rings is 11. The minimum atomic E-state index is -0.673. The van der Waals surface area contributed by atoms with Gasteiger partial charge in [0.15, 0.2) is 0 Å². The molecule has 11 aromatic rings. The predicted molar refractivity (Wildman–Crippen MR) is 395 cm³/mol. The number of fused-ring (bicyclic) bond motifs is 2. The molecule has 0 atom stereocenters. The molecule has 0 fully saturated rings. The Bertz CT molecular complexity index is 4720. The Labute approximate surface area is 586 Å². The number of carbonyl (C=O) groups is 4. The second-order valence-electron chi connectivity index (χ2n) is 25.6. The summed E-state index contributed by atoms with van der Waals surface area (Å²) in [4.78, 5) is 68.7. The number of anilines is 2. The molecule has 506 valence electrons. The van der Waals surface area contributed by atoms with Gasteiger partial charge in [-0.2, -0.15) is 0 Å². The van der Waals surface area contributed by atoms with Gasteiger partial charge in [0.25, 0.3) is 23.6 Å². The Morgan fingerprint density at radius 1 is 0.283 bits per heavy atom. The summed E-state index contributed by atoms with van der Waals surface area (Å²) in [6.45, 7) is 18.2. The third kappa shape index (κ3) is 12.9. The Morgan fingerprint density at radius 2 is 0.535 bits per heavy atom. The van der Waals surface area contributed by atoms with E-state index in [0.717, 1.165) is 51.4 Å². The monoisotopic (exact) mass is 1390 g/mol. The zero-order valence-corrected chi connectivity index (χ0v) is 58.8. The number of carbonyl (C=O) groups excluding carboxylic acids is 4. The fourth-order valence-corrected chi connectivity index (χ4v) is 14.0. The van der Waals surface area contributed by atoms with Crippen LogP contribution in [0.5, 0.6) is 69.0 Å². The predicted octanol–water partition coefficient (Wildman–Crippen LogP) is 22.5.